The number of urea groups is 1. The van der Waals surface area contributed by atoms with Crippen molar-refractivity contribution >= 4 is 17.8 Å². The first-order valence-corrected chi connectivity index (χ1v) is 12.0. The van der Waals surface area contributed by atoms with Crippen LogP contribution in [0.15, 0.2) is 42.9 Å². The van der Waals surface area contributed by atoms with Gasteiger partial charge in [0.05, 0.1) is 12.8 Å². The van der Waals surface area contributed by atoms with E-state index in [2.05, 4.69) is 15.3 Å². The van der Waals surface area contributed by atoms with E-state index < -0.39 is 0 Å². The molecule has 2 aromatic rings. The summed E-state index contributed by atoms with van der Waals surface area (Å²) in [6.45, 7) is 2.65. The molecule has 3 amide bonds. The number of rotatable bonds is 7. The Morgan fingerprint density at radius 2 is 1.70 bits per heavy atom. The molecule has 0 bridgehead atoms. The van der Waals surface area contributed by atoms with Crippen molar-refractivity contribution in [1.82, 2.24) is 19.8 Å². The third-order valence-corrected chi connectivity index (χ3v) is 6.50. The predicted octanol–water partition coefficient (Wildman–Crippen LogP) is 4.21. The molecule has 8 nitrogen and oxygen atoms in total. The molecular weight excluding hydrogens is 418 g/mol. The molecule has 0 atom stereocenters. The van der Waals surface area contributed by atoms with E-state index >= 15 is 0 Å². The number of nitrogens with zero attached hydrogens (tertiary/aromatic N) is 4. The number of carbonyl (C=O) groups excluding carboxylic acids is 2. The minimum atomic E-state index is -0.229. The lowest BCUT2D eigenvalue weighted by atomic mass is 9.86. The van der Waals surface area contributed by atoms with Gasteiger partial charge in [0, 0.05) is 44.1 Å². The van der Waals surface area contributed by atoms with Crippen LogP contribution in [0, 0.1) is 5.92 Å². The Labute approximate surface area is 195 Å². The number of nitrogens with one attached hydrogen (secondary N) is 1. The smallest absolute Gasteiger partial charge is 0.323 e. The monoisotopic (exact) mass is 451 g/mol. The fraction of sp³-hybridized carbons (Fsp3) is 0.520. The maximum atomic E-state index is 12.9. The number of anilines is 1. The Bertz CT molecular complexity index is 892. The Hall–Kier alpha value is -3.16. The number of carbonyl (C=O) groups is 2. The van der Waals surface area contributed by atoms with Crippen LogP contribution in [-0.2, 0) is 0 Å². The van der Waals surface area contributed by atoms with E-state index in [0.29, 0.717) is 37.6 Å². The molecule has 1 N–H and O–H groups in total. The molecule has 176 valence electrons. The predicted molar refractivity (Wildman–Crippen MR) is 126 cm³/mol. The lowest BCUT2D eigenvalue weighted by Crippen LogP contribution is -2.51. The molecule has 2 heterocycles. The van der Waals surface area contributed by atoms with E-state index in [1.807, 2.05) is 24.3 Å². The summed E-state index contributed by atoms with van der Waals surface area (Å²) in [5.74, 6) is 2.08. The molecule has 8 heteroatoms. The van der Waals surface area contributed by atoms with Crippen molar-refractivity contribution in [3.05, 3.63) is 48.4 Å². The van der Waals surface area contributed by atoms with Gasteiger partial charge in [0.1, 0.15) is 5.75 Å². The van der Waals surface area contributed by atoms with Gasteiger partial charge in [0.15, 0.2) is 5.82 Å². The van der Waals surface area contributed by atoms with Gasteiger partial charge >= 0.3 is 6.03 Å². The summed E-state index contributed by atoms with van der Waals surface area (Å²) in [5.41, 5.74) is 0.641. The second-order valence-electron chi connectivity index (χ2n) is 8.82. The van der Waals surface area contributed by atoms with Crippen LogP contribution >= 0.6 is 0 Å². The third kappa shape index (κ3) is 6.66. The molecule has 1 aromatic heterocycles. The summed E-state index contributed by atoms with van der Waals surface area (Å²) < 4.78 is 5.88. The molecule has 1 saturated heterocycles. The van der Waals surface area contributed by atoms with Crippen molar-refractivity contribution < 1.29 is 14.3 Å². The van der Waals surface area contributed by atoms with E-state index in [4.69, 9.17) is 4.74 Å². The number of hydrogen-bond acceptors (Lipinski definition) is 5. The van der Waals surface area contributed by atoms with Crippen LogP contribution < -0.4 is 10.1 Å². The Balaban J connectivity index is 1.18. The second kappa shape index (κ2) is 11.6. The topological polar surface area (TPSA) is 87.7 Å². The molecule has 1 aliphatic carbocycles. The van der Waals surface area contributed by atoms with Gasteiger partial charge in [0.25, 0.3) is 5.91 Å². The van der Waals surface area contributed by atoms with Gasteiger partial charge in [-0.15, -0.1) is 0 Å². The maximum Gasteiger partial charge on any atom is 0.323 e. The van der Waals surface area contributed by atoms with Crippen molar-refractivity contribution in [2.75, 3.05) is 38.1 Å². The van der Waals surface area contributed by atoms with Gasteiger partial charge in [-0.05, 0) is 43.0 Å². The fourth-order valence-electron chi connectivity index (χ4n) is 4.58. The number of hydrogen-bond donors (Lipinski definition) is 1. The highest BCUT2D eigenvalue weighted by Crippen LogP contribution is 2.27. The summed E-state index contributed by atoms with van der Waals surface area (Å²) in [5, 5.41) is 2.73. The average Bonchev–Trinajstić information content (AvgIpc) is 2.88. The Kier molecular flexibility index (Phi) is 8.11. The first-order chi connectivity index (χ1) is 16.2. The SMILES string of the molecule is O=C(Nc1cnccn1)N1CCN(C(=O)c2ccc(OCCCC3CCCCC3)cc2)CC1. The summed E-state index contributed by atoms with van der Waals surface area (Å²) in [6, 6.07) is 7.17. The number of benzene rings is 1. The van der Waals surface area contributed by atoms with Crippen molar-refractivity contribution in [1.29, 1.82) is 0 Å². The highest BCUT2D eigenvalue weighted by atomic mass is 16.5. The van der Waals surface area contributed by atoms with Crippen molar-refractivity contribution in [3.8, 4) is 5.75 Å². The molecule has 1 aliphatic heterocycles. The Morgan fingerprint density at radius 3 is 2.39 bits per heavy atom. The van der Waals surface area contributed by atoms with Gasteiger partial charge in [0.2, 0.25) is 0 Å². The quantitative estimate of drug-likeness (QED) is 0.638. The van der Waals surface area contributed by atoms with Crippen molar-refractivity contribution in [2.45, 2.75) is 44.9 Å². The zero-order chi connectivity index (χ0) is 22.9. The molecule has 1 aromatic carbocycles. The number of piperazine rings is 1. The van der Waals surface area contributed by atoms with Crippen LogP contribution in [0.3, 0.4) is 0 Å². The van der Waals surface area contributed by atoms with Crippen molar-refractivity contribution in [3.63, 3.8) is 0 Å². The van der Waals surface area contributed by atoms with E-state index in [1.165, 1.54) is 50.9 Å². The zero-order valence-electron chi connectivity index (χ0n) is 19.1. The molecule has 33 heavy (non-hydrogen) atoms. The van der Waals surface area contributed by atoms with E-state index in [9.17, 15) is 9.59 Å². The highest BCUT2D eigenvalue weighted by molar-refractivity contribution is 5.94. The molecule has 2 aliphatic rings. The average molecular weight is 452 g/mol. The summed E-state index contributed by atoms with van der Waals surface area (Å²) in [4.78, 5) is 36.7. The van der Waals surface area contributed by atoms with Crippen LogP contribution in [0.2, 0.25) is 0 Å². The molecule has 4 rings (SSSR count). The second-order valence-corrected chi connectivity index (χ2v) is 8.82. The summed E-state index contributed by atoms with van der Waals surface area (Å²) in [7, 11) is 0. The van der Waals surface area contributed by atoms with E-state index in [0.717, 1.165) is 24.7 Å². The molecule has 0 unspecified atom stereocenters. The minimum absolute atomic E-state index is 0.0205. The van der Waals surface area contributed by atoms with Crippen LogP contribution in [0.1, 0.15) is 55.3 Å². The maximum absolute atomic E-state index is 12.9. The normalized spacial score (nSPS) is 17.0. The lowest BCUT2D eigenvalue weighted by molar-refractivity contribution is 0.0671. The first-order valence-electron chi connectivity index (χ1n) is 12.0. The fourth-order valence-corrected chi connectivity index (χ4v) is 4.58. The van der Waals surface area contributed by atoms with Crippen LogP contribution in [0.5, 0.6) is 5.75 Å². The van der Waals surface area contributed by atoms with Gasteiger partial charge in [-0.3, -0.25) is 15.1 Å². The van der Waals surface area contributed by atoms with Crippen LogP contribution in [-0.4, -0.2) is 64.5 Å². The molecular formula is C25H33N5O3. The highest BCUT2D eigenvalue weighted by Gasteiger charge is 2.25. The van der Waals surface area contributed by atoms with Gasteiger partial charge in [-0.25, -0.2) is 9.78 Å². The zero-order valence-corrected chi connectivity index (χ0v) is 19.1. The third-order valence-electron chi connectivity index (χ3n) is 6.50. The minimum Gasteiger partial charge on any atom is -0.494 e. The van der Waals surface area contributed by atoms with Crippen LogP contribution in [0.4, 0.5) is 10.6 Å². The molecule has 0 radical (unpaired) electrons. The molecule has 0 spiro atoms. The molecule has 1 saturated carbocycles. The van der Waals surface area contributed by atoms with Crippen molar-refractivity contribution in [2.24, 2.45) is 5.92 Å². The Morgan fingerprint density at radius 1 is 0.970 bits per heavy atom. The summed E-state index contributed by atoms with van der Waals surface area (Å²) in [6.07, 6.45) is 13.8. The summed E-state index contributed by atoms with van der Waals surface area (Å²) >= 11 is 0. The van der Waals surface area contributed by atoms with Crippen LogP contribution in [0.25, 0.3) is 0 Å². The van der Waals surface area contributed by atoms with E-state index in [-0.39, 0.29) is 11.9 Å². The lowest BCUT2D eigenvalue weighted by Gasteiger charge is -2.34. The molecule has 2 fully saturated rings. The number of ether oxygens (including phenoxy) is 1. The van der Waals surface area contributed by atoms with Gasteiger partial charge in [-0.1, -0.05) is 32.1 Å². The van der Waals surface area contributed by atoms with E-state index in [1.54, 1.807) is 16.0 Å². The van der Waals surface area contributed by atoms with Gasteiger partial charge in [-0.2, -0.15) is 0 Å². The number of aromatic nitrogens is 2. The standard InChI is InChI=1S/C25H33N5O3/c31-24(29-14-16-30(17-15-29)25(32)28-23-19-26-12-13-27-23)21-8-10-22(11-9-21)33-18-4-7-20-5-2-1-3-6-20/h8-13,19-20H,1-7,14-18H2,(H,27,28,32). The number of amides is 3. The first kappa shape index (κ1) is 23.0. The largest absolute Gasteiger partial charge is 0.494 e. The van der Waals surface area contributed by atoms with Gasteiger partial charge < -0.3 is 14.5 Å².